The summed E-state index contributed by atoms with van der Waals surface area (Å²) in [5.74, 6) is 0.727. The zero-order valence-electron chi connectivity index (χ0n) is 10.5. The molecule has 5 heteroatoms. The highest BCUT2D eigenvalue weighted by molar-refractivity contribution is 14.1. The van der Waals surface area contributed by atoms with Gasteiger partial charge < -0.3 is 10.5 Å². The van der Waals surface area contributed by atoms with Crippen LogP contribution in [-0.4, -0.2) is 16.9 Å². The molecule has 0 fully saturated rings. The number of hydrogen-bond acceptors (Lipinski definition) is 3. The van der Waals surface area contributed by atoms with Crippen LogP contribution in [0.3, 0.4) is 0 Å². The molecule has 2 aromatic rings. The summed E-state index contributed by atoms with van der Waals surface area (Å²) in [6.45, 7) is 3.28. The van der Waals surface area contributed by atoms with Gasteiger partial charge in [-0.25, -0.2) is 4.68 Å². The van der Waals surface area contributed by atoms with Crippen LogP contribution in [0.25, 0.3) is 0 Å². The first kappa shape index (κ1) is 13.4. The summed E-state index contributed by atoms with van der Waals surface area (Å²) < 4.78 is 8.00. The molecule has 0 aliphatic rings. The fraction of sp³-hybridized carbons (Fsp3) is 0.308. The van der Waals surface area contributed by atoms with Crippen molar-refractivity contribution in [3.63, 3.8) is 0 Å². The molecule has 4 nitrogen and oxygen atoms in total. The van der Waals surface area contributed by atoms with Crippen molar-refractivity contribution in [2.45, 2.75) is 20.1 Å². The molecule has 1 aromatic carbocycles. The molecule has 0 amide bonds. The maximum Gasteiger partial charge on any atom is 0.135 e. The number of hydrogen-bond donors (Lipinski definition) is 1. The van der Waals surface area contributed by atoms with Gasteiger partial charge in [-0.1, -0.05) is 24.3 Å². The summed E-state index contributed by atoms with van der Waals surface area (Å²) in [4.78, 5) is 0. The van der Waals surface area contributed by atoms with Gasteiger partial charge >= 0.3 is 0 Å². The van der Waals surface area contributed by atoms with Gasteiger partial charge in [-0.05, 0) is 40.6 Å². The van der Waals surface area contributed by atoms with Gasteiger partial charge in [-0.2, -0.15) is 5.10 Å². The van der Waals surface area contributed by atoms with Crippen molar-refractivity contribution >= 4 is 28.4 Å². The molecule has 0 aliphatic carbocycles. The third-order valence-electron chi connectivity index (χ3n) is 2.73. The predicted octanol–water partition coefficient (Wildman–Crippen LogP) is 2.57. The normalized spacial score (nSPS) is 10.8. The van der Waals surface area contributed by atoms with Crippen molar-refractivity contribution in [1.29, 1.82) is 0 Å². The average molecular weight is 357 g/mol. The first-order valence-electron chi connectivity index (χ1n) is 5.67. The third-order valence-corrected chi connectivity index (χ3v) is 4.06. The maximum atomic E-state index is 6.02. The van der Waals surface area contributed by atoms with Crippen LogP contribution in [0.5, 0.6) is 0 Å². The summed E-state index contributed by atoms with van der Waals surface area (Å²) >= 11 is 2.22. The average Bonchev–Trinajstić information content (AvgIpc) is 2.58. The van der Waals surface area contributed by atoms with Gasteiger partial charge in [0.15, 0.2) is 0 Å². The first-order valence-corrected chi connectivity index (χ1v) is 6.75. The highest BCUT2D eigenvalue weighted by Crippen LogP contribution is 2.19. The molecule has 0 atom stereocenters. The van der Waals surface area contributed by atoms with Crippen molar-refractivity contribution < 1.29 is 4.74 Å². The number of nitrogen functional groups attached to an aromatic ring is 1. The number of anilines is 1. The van der Waals surface area contributed by atoms with Gasteiger partial charge in [0.2, 0.25) is 0 Å². The van der Waals surface area contributed by atoms with E-state index in [4.69, 9.17) is 10.5 Å². The smallest absolute Gasteiger partial charge is 0.135 e. The van der Waals surface area contributed by atoms with E-state index in [-0.39, 0.29) is 0 Å². The lowest BCUT2D eigenvalue weighted by molar-refractivity contribution is 0.185. The minimum Gasteiger partial charge on any atom is -0.383 e. The van der Waals surface area contributed by atoms with E-state index in [1.807, 2.05) is 17.7 Å². The second kappa shape index (κ2) is 5.71. The predicted molar refractivity (Wildman–Crippen MR) is 80.4 cm³/mol. The Morgan fingerprint density at radius 3 is 2.72 bits per heavy atom. The summed E-state index contributed by atoms with van der Waals surface area (Å²) in [6, 6.07) is 8.27. The van der Waals surface area contributed by atoms with Crippen LogP contribution in [0.15, 0.2) is 24.3 Å². The fourth-order valence-corrected chi connectivity index (χ4v) is 2.24. The van der Waals surface area contributed by atoms with E-state index in [2.05, 4.69) is 45.9 Å². The zero-order chi connectivity index (χ0) is 13.1. The van der Waals surface area contributed by atoms with E-state index < -0.39 is 0 Å². The van der Waals surface area contributed by atoms with Crippen molar-refractivity contribution in [2.75, 3.05) is 12.8 Å². The lowest BCUT2D eigenvalue weighted by Gasteiger charge is -2.06. The molecule has 0 saturated carbocycles. The topological polar surface area (TPSA) is 53.1 Å². The number of methoxy groups -OCH3 is 1. The molecular formula is C13H16IN3O. The van der Waals surface area contributed by atoms with Gasteiger partial charge in [0.25, 0.3) is 0 Å². The minimum absolute atomic E-state index is 0.624. The standard InChI is InChI=1S/C13H16IN3O/c1-9-12(14)13(15)17(16-9)7-10-4-3-5-11(6-10)8-18-2/h3-6H,7-8,15H2,1-2H3. The van der Waals surface area contributed by atoms with Crippen LogP contribution >= 0.6 is 22.6 Å². The Labute approximate surface area is 120 Å². The molecular weight excluding hydrogens is 341 g/mol. The summed E-state index contributed by atoms with van der Waals surface area (Å²) in [5.41, 5.74) is 9.33. The van der Waals surface area contributed by atoms with Crippen LogP contribution in [0.1, 0.15) is 16.8 Å². The van der Waals surface area contributed by atoms with Crippen molar-refractivity contribution in [3.8, 4) is 0 Å². The molecule has 1 heterocycles. The van der Waals surface area contributed by atoms with Crippen LogP contribution in [0.4, 0.5) is 5.82 Å². The molecule has 1 aromatic heterocycles. The molecule has 0 radical (unpaired) electrons. The number of aryl methyl sites for hydroxylation is 1. The van der Waals surface area contributed by atoms with E-state index in [0.29, 0.717) is 13.2 Å². The van der Waals surface area contributed by atoms with Crippen LogP contribution in [-0.2, 0) is 17.9 Å². The van der Waals surface area contributed by atoms with Crippen LogP contribution in [0, 0.1) is 10.5 Å². The van der Waals surface area contributed by atoms with Gasteiger partial charge in [0, 0.05) is 7.11 Å². The lowest BCUT2D eigenvalue weighted by Crippen LogP contribution is -2.06. The van der Waals surface area contributed by atoms with Crippen LogP contribution in [0.2, 0.25) is 0 Å². The minimum atomic E-state index is 0.624. The summed E-state index contributed by atoms with van der Waals surface area (Å²) in [7, 11) is 1.70. The molecule has 0 unspecified atom stereocenters. The number of nitrogens with zero attached hydrogens (tertiary/aromatic N) is 2. The lowest BCUT2D eigenvalue weighted by atomic mass is 10.1. The molecule has 96 valence electrons. The largest absolute Gasteiger partial charge is 0.383 e. The first-order chi connectivity index (χ1) is 8.61. The second-order valence-corrected chi connectivity index (χ2v) is 5.27. The molecule has 0 aliphatic heterocycles. The Bertz CT molecular complexity index is 551. The second-order valence-electron chi connectivity index (χ2n) is 4.20. The Hall–Kier alpha value is -1.08. The molecule has 0 bridgehead atoms. The highest BCUT2D eigenvalue weighted by Gasteiger charge is 2.09. The van der Waals surface area contributed by atoms with Crippen molar-refractivity contribution in [3.05, 3.63) is 44.7 Å². The highest BCUT2D eigenvalue weighted by atomic mass is 127. The molecule has 2 N–H and O–H groups in total. The number of aromatic nitrogens is 2. The Morgan fingerprint density at radius 1 is 1.39 bits per heavy atom. The van der Waals surface area contributed by atoms with Gasteiger partial charge in [0.1, 0.15) is 5.82 Å². The van der Waals surface area contributed by atoms with E-state index in [1.165, 1.54) is 5.56 Å². The number of nitrogens with two attached hydrogens (primary N) is 1. The maximum absolute atomic E-state index is 6.02. The van der Waals surface area contributed by atoms with E-state index in [9.17, 15) is 0 Å². The Balaban J connectivity index is 2.23. The van der Waals surface area contributed by atoms with E-state index in [1.54, 1.807) is 7.11 Å². The number of ether oxygens (including phenoxy) is 1. The third kappa shape index (κ3) is 2.84. The van der Waals surface area contributed by atoms with Crippen molar-refractivity contribution in [2.24, 2.45) is 0 Å². The molecule has 2 rings (SSSR count). The van der Waals surface area contributed by atoms with Gasteiger partial charge in [-0.3, -0.25) is 0 Å². The monoisotopic (exact) mass is 357 g/mol. The summed E-state index contributed by atoms with van der Waals surface area (Å²) in [5, 5.41) is 4.43. The van der Waals surface area contributed by atoms with Gasteiger partial charge in [0.05, 0.1) is 22.4 Å². The van der Waals surface area contributed by atoms with E-state index >= 15 is 0 Å². The SMILES string of the molecule is COCc1cccc(Cn2nc(C)c(I)c2N)c1. The van der Waals surface area contributed by atoms with E-state index in [0.717, 1.165) is 20.6 Å². The zero-order valence-corrected chi connectivity index (χ0v) is 12.6. The van der Waals surface area contributed by atoms with Gasteiger partial charge in [-0.15, -0.1) is 0 Å². The number of halogens is 1. The number of rotatable bonds is 4. The fourth-order valence-electron chi connectivity index (χ4n) is 1.86. The summed E-state index contributed by atoms with van der Waals surface area (Å²) in [6.07, 6.45) is 0. The molecule has 0 spiro atoms. The van der Waals surface area contributed by atoms with Crippen LogP contribution < -0.4 is 5.73 Å². The molecule has 18 heavy (non-hydrogen) atoms. The number of benzene rings is 1. The Kier molecular flexibility index (Phi) is 4.23. The van der Waals surface area contributed by atoms with Crippen molar-refractivity contribution in [1.82, 2.24) is 9.78 Å². The quantitative estimate of drug-likeness (QED) is 0.856. The Morgan fingerprint density at radius 2 is 2.11 bits per heavy atom. The molecule has 0 saturated heterocycles.